The highest BCUT2D eigenvalue weighted by Crippen LogP contribution is 2.33. The quantitative estimate of drug-likeness (QED) is 0.903. The fraction of sp³-hybridized carbons (Fsp3) is 0.294. The van der Waals surface area contributed by atoms with E-state index in [9.17, 15) is 9.50 Å². The maximum atomic E-state index is 13.7. The molecule has 0 amide bonds. The molecule has 0 bridgehead atoms. The highest BCUT2D eigenvalue weighted by molar-refractivity contribution is 5.67. The van der Waals surface area contributed by atoms with Crippen LogP contribution in [-0.4, -0.2) is 12.2 Å². The highest BCUT2D eigenvalue weighted by Gasteiger charge is 2.15. The number of hydrogen-bond acceptors (Lipinski definition) is 2. The summed E-state index contributed by atoms with van der Waals surface area (Å²) in [4.78, 5) is 1.97. The van der Waals surface area contributed by atoms with Crippen LogP contribution in [0.15, 0.2) is 36.4 Å². The van der Waals surface area contributed by atoms with Crippen LogP contribution in [0.3, 0.4) is 0 Å². The van der Waals surface area contributed by atoms with Gasteiger partial charge in [-0.25, -0.2) is 4.39 Å². The first kappa shape index (κ1) is 14.5. The lowest BCUT2D eigenvalue weighted by Gasteiger charge is -2.24. The summed E-state index contributed by atoms with van der Waals surface area (Å²) in [6.07, 6.45) is -0.715. The van der Waals surface area contributed by atoms with Gasteiger partial charge in [0.15, 0.2) is 0 Å². The molecule has 0 saturated carbocycles. The first-order valence-corrected chi connectivity index (χ1v) is 6.68. The van der Waals surface area contributed by atoms with E-state index in [0.717, 1.165) is 11.4 Å². The lowest BCUT2D eigenvalue weighted by atomic mass is 10.0. The Morgan fingerprint density at radius 2 is 1.70 bits per heavy atom. The average Bonchev–Trinajstić information content (AvgIpc) is 2.41. The van der Waals surface area contributed by atoms with Gasteiger partial charge in [-0.15, -0.1) is 0 Å². The number of benzene rings is 2. The van der Waals surface area contributed by atoms with Crippen LogP contribution in [0.1, 0.15) is 29.7 Å². The van der Waals surface area contributed by atoms with Crippen LogP contribution in [0.4, 0.5) is 15.8 Å². The molecule has 0 unspecified atom stereocenters. The van der Waals surface area contributed by atoms with E-state index in [-0.39, 0.29) is 5.82 Å². The molecule has 0 heterocycles. The number of aliphatic hydroxyl groups excluding tert-OH is 1. The molecule has 0 aliphatic rings. The standard InChI is InChI=1S/C17H20FNO/c1-11-5-7-14(8-6-11)19(4)17-9-12(2)16(18)10-15(17)13(3)20/h5-10,13,20H,1-4H3/t13-/m0/s1. The molecule has 0 spiro atoms. The Morgan fingerprint density at radius 1 is 1.10 bits per heavy atom. The van der Waals surface area contributed by atoms with E-state index < -0.39 is 6.10 Å². The van der Waals surface area contributed by atoms with E-state index in [4.69, 9.17) is 0 Å². The minimum Gasteiger partial charge on any atom is -0.389 e. The molecule has 0 fully saturated rings. The van der Waals surface area contributed by atoms with Crippen molar-refractivity contribution in [2.75, 3.05) is 11.9 Å². The number of anilines is 2. The average molecular weight is 273 g/mol. The summed E-state index contributed by atoms with van der Waals surface area (Å²) < 4.78 is 13.7. The third-order valence-electron chi connectivity index (χ3n) is 3.54. The normalized spacial score (nSPS) is 12.3. The van der Waals surface area contributed by atoms with Crippen molar-refractivity contribution in [1.82, 2.24) is 0 Å². The zero-order valence-electron chi connectivity index (χ0n) is 12.3. The van der Waals surface area contributed by atoms with Gasteiger partial charge >= 0.3 is 0 Å². The number of hydrogen-bond donors (Lipinski definition) is 1. The fourth-order valence-corrected chi connectivity index (χ4v) is 2.21. The van der Waals surface area contributed by atoms with Gasteiger partial charge in [0.2, 0.25) is 0 Å². The molecule has 0 saturated heterocycles. The third-order valence-corrected chi connectivity index (χ3v) is 3.54. The Balaban J connectivity index is 2.50. The number of aliphatic hydroxyl groups is 1. The van der Waals surface area contributed by atoms with Gasteiger partial charge < -0.3 is 10.0 Å². The molecule has 1 atom stereocenters. The molecule has 2 aromatic rings. The first-order valence-electron chi connectivity index (χ1n) is 6.68. The first-order chi connectivity index (χ1) is 9.40. The summed E-state index contributed by atoms with van der Waals surface area (Å²) in [5.41, 5.74) is 4.18. The van der Waals surface area contributed by atoms with Crippen molar-refractivity contribution in [2.45, 2.75) is 26.9 Å². The Bertz CT molecular complexity index is 605. The van der Waals surface area contributed by atoms with Crippen LogP contribution in [0.2, 0.25) is 0 Å². The number of nitrogens with zero attached hydrogens (tertiary/aromatic N) is 1. The van der Waals surface area contributed by atoms with Gasteiger partial charge in [0.25, 0.3) is 0 Å². The number of rotatable bonds is 3. The summed E-state index contributed by atoms with van der Waals surface area (Å²) >= 11 is 0. The smallest absolute Gasteiger partial charge is 0.126 e. The van der Waals surface area contributed by atoms with Crippen molar-refractivity contribution in [1.29, 1.82) is 0 Å². The van der Waals surface area contributed by atoms with Crippen molar-refractivity contribution >= 4 is 11.4 Å². The van der Waals surface area contributed by atoms with Crippen molar-refractivity contribution in [3.05, 3.63) is 58.9 Å². The molecule has 2 nitrogen and oxygen atoms in total. The topological polar surface area (TPSA) is 23.5 Å². The summed E-state index contributed by atoms with van der Waals surface area (Å²) in [6.45, 7) is 5.41. The Morgan fingerprint density at radius 3 is 2.25 bits per heavy atom. The SMILES string of the molecule is Cc1ccc(N(C)c2cc(C)c(F)cc2[C@H](C)O)cc1. The molecule has 1 N–H and O–H groups in total. The van der Waals surface area contributed by atoms with Crippen molar-refractivity contribution < 1.29 is 9.50 Å². The summed E-state index contributed by atoms with van der Waals surface area (Å²) in [5.74, 6) is -0.290. The monoisotopic (exact) mass is 273 g/mol. The zero-order valence-corrected chi connectivity index (χ0v) is 12.3. The van der Waals surface area contributed by atoms with Gasteiger partial charge in [0, 0.05) is 24.0 Å². The molecular weight excluding hydrogens is 253 g/mol. The summed E-state index contributed by atoms with van der Waals surface area (Å²) in [5, 5.41) is 9.87. The van der Waals surface area contributed by atoms with E-state index in [1.165, 1.54) is 11.6 Å². The maximum Gasteiger partial charge on any atom is 0.126 e. The lowest BCUT2D eigenvalue weighted by molar-refractivity contribution is 0.199. The Hall–Kier alpha value is -1.87. The molecule has 2 rings (SSSR count). The Labute approximate surface area is 119 Å². The van der Waals surface area contributed by atoms with Crippen LogP contribution in [-0.2, 0) is 0 Å². The fourth-order valence-electron chi connectivity index (χ4n) is 2.21. The minimum atomic E-state index is -0.715. The van der Waals surface area contributed by atoms with E-state index >= 15 is 0 Å². The number of halogens is 1. The second-order valence-electron chi connectivity index (χ2n) is 5.23. The van der Waals surface area contributed by atoms with Crippen LogP contribution >= 0.6 is 0 Å². The second kappa shape index (κ2) is 5.63. The van der Waals surface area contributed by atoms with E-state index in [0.29, 0.717) is 11.1 Å². The molecule has 2 aromatic carbocycles. The van der Waals surface area contributed by atoms with E-state index in [1.807, 2.05) is 43.1 Å². The molecule has 3 heteroatoms. The highest BCUT2D eigenvalue weighted by atomic mass is 19.1. The van der Waals surface area contributed by atoms with Gasteiger partial charge in [-0.05, 0) is 50.6 Å². The number of aryl methyl sites for hydroxylation is 2. The second-order valence-corrected chi connectivity index (χ2v) is 5.23. The molecule has 0 aliphatic carbocycles. The van der Waals surface area contributed by atoms with Crippen molar-refractivity contribution in [3.8, 4) is 0 Å². The third kappa shape index (κ3) is 2.83. The predicted octanol–water partition coefficient (Wildman–Crippen LogP) is 4.26. The minimum absolute atomic E-state index is 0.290. The van der Waals surface area contributed by atoms with Gasteiger partial charge in [-0.2, -0.15) is 0 Å². The molecule has 0 aromatic heterocycles. The van der Waals surface area contributed by atoms with Crippen molar-refractivity contribution in [2.24, 2.45) is 0 Å². The van der Waals surface area contributed by atoms with Crippen LogP contribution in [0, 0.1) is 19.7 Å². The summed E-state index contributed by atoms with van der Waals surface area (Å²) in [7, 11) is 1.92. The largest absolute Gasteiger partial charge is 0.389 e. The molecule has 0 aliphatic heterocycles. The molecule has 0 radical (unpaired) electrons. The van der Waals surface area contributed by atoms with Gasteiger partial charge in [-0.1, -0.05) is 17.7 Å². The maximum absolute atomic E-state index is 13.7. The van der Waals surface area contributed by atoms with Crippen LogP contribution in [0.25, 0.3) is 0 Å². The van der Waals surface area contributed by atoms with E-state index in [1.54, 1.807) is 19.9 Å². The zero-order chi connectivity index (χ0) is 14.9. The van der Waals surface area contributed by atoms with Crippen molar-refractivity contribution in [3.63, 3.8) is 0 Å². The molecule has 20 heavy (non-hydrogen) atoms. The predicted molar refractivity (Wildman–Crippen MR) is 81.0 cm³/mol. The van der Waals surface area contributed by atoms with Gasteiger partial charge in [0.1, 0.15) is 5.82 Å². The summed E-state index contributed by atoms with van der Waals surface area (Å²) in [6, 6.07) is 11.3. The lowest BCUT2D eigenvalue weighted by Crippen LogP contribution is -2.13. The van der Waals surface area contributed by atoms with E-state index in [2.05, 4.69) is 0 Å². The van der Waals surface area contributed by atoms with Crippen LogP contribution < -0.4 is 4.90 Å². The molecule has 106 valence electrons. The Kier molecular flexibility index (Phi) is 4.09. The van der Waals surface area contributed by atoms with Gasteiger partial charge in [-0.3, -0.25) is 0 Å². The molecular formula is C17H20FNO. The van der Waals surface area contributed by atoms with Crippen LogP contribution in [0.5, 0.6) is 0 Å². The van der Waals surface area contributed by atoms with Gasteiger partial charge in [0.05, 0.1) is 6.10 Å².